The molecular weight excluding hydrogens is 424 g/mol. The summed E-state index contributed by atoms with van der Waals surface area (Å²) >= 11 is 0. The van der Waals surface area contributed by atoms with Crippen molar-refractivity contribution >= 4 is 11.8 Å². The van der Waals surface area contributed by atoms with E-state index in [1.807, 2.05) is 30.3 Å². The quantitative estimate of drug-likeness (QED) is 0.569. The maximum atomic E-state index is 13.7. The highest BCUT2D eigenvalue weighted by atomic mass is 16.6. The van der Waals surface area contributed by atoms with Crippen LogP contribution in [0.5, 0.6) is 11.5 Å². The maximum Gasteiger partial charge on any atom is 0.258 e. The molecular formula is C24H26N4O5. The van der Waals surface area contributed by atoms with Crippen molar-refractivity contribution in [2.45, 2.75) is 26.5 Å². The normalized spacial score (nSPS) is 15.9. The summed E-state index contributed by atoms with van der Waals surface area (Å²) in [6.45, 7) is 4.77. The summed E-state index contributed by atoms with van der Waals surface area (Å²) in [6, 6.07) is 14.4. The van der Waals surface area contributed by atoms with Gasteiger partial charge in [0.05, 0.1) is 18.7 Å². The molecule has 0 spiro atoms. The first-order chi connectivity index (χ1) is 16.0. The fraction of sp³-hybridized carbons (Fsp3) is 0.333. The molecule has 0 bridgehead atoms. The highest BCUT2D eigenvalue weighted by Crippen LogP contribution is 2.31. The lowest BCUT2D eigenvalue weighted by Crippen LogP contribution is -2.51. The van der Waals surface area contributed by atoms with Crippen LogP contribution in [-0.4, -0.2) is 58.7 Å². The Bertz CT molecular complexity index is 1130. The average molecular weight is 450 g/mol. The second-order valence-corrected chi connectivity index (χ2v) is 7.83. The SMILES string of the molecule is COc1ccc(C2CN(C(C)=O)CCN2C(=O)c2ccccc2OCc2nonc2C)cc1. The van der Waals surface area contributed by atoms with Gasteiger partial charge in [0.2, 0.25) is 5.91 Å². The van der Waals surface area contributed by atoms with E-state index in [-0.39, 0.29) is 24.5 Å². The van der Waals surface area contributed by atoms with E-state index in [9.17, 15) is 9.59 Å². The van der Waals surface area contributed by atoms with Gasteiger partial charge in [-0.05, 0) is 36.8 Å². The van der Waals surface area contributed by atoms with Gasteiger partial charge in [0.1, 0.15) is 29.5 Å². The van der Waals surface area contributed by atoms with Crippen LogP contribution in [0.1, 0.15) is 40.3 Å². The standard InChI is InChI=1S/C24H26N4O5/c1-16-21(26-33-25-16)15-32-23-7-5-4-6-20(23)24(30)28-13-12-27(17(2)29)14-22(28)18-8-10-19(31-3)11-9-18/h4-11,22H,12-15H2,1-3H3. The van der Waals surface area contributed by atoms with Gasteiger partial charge in [0.15, 0.2) is 0 Å². The number of para-hydroxylation sites is 1. The van der Waals surface area contributed by atoms with Crippen LogP contribution in [-0.2, 0) is 11.4 Å². The predicted molar refractivity (Wildman–Crippen MR) is 119 cm³/mol. The summed E-state index contributed by atoms with van der Waals surface area (Å²) in [7, 11) is 1.61. The Morgan fingerprint density at radius 2 is 1.85 bits per heavy atom. The largest absolute Gasteiger partial charge is 0.497 e. The van der Waals surface area contributed by atoms with E-state index >= 15 is 0 Å². The number of benzene rings is 2. The number of ether oxygens (including phenoxy) is 2. The van der Waals surface area contributed by atoms with Crippen molar-refractivity contribution < 1.29 is 23.7 Å². The van der Waals surface area contributed by atoms with Crippen LogP contribution in [0.3, 0.4) is 0 Å². The van der Waals surface area contributed by atoms with Gasteiger partial charge >= 0.3 is 0 Å². The number of rotatable bonds is 6. The first-order valence-electron chi connectivity index (χ1n) is 10.7. The highest BCUT2D eigenvalue weighted by Gasteiger charge is 2.34. The van der Waals surface area contributed by atoms with Gasteiger partial charge in [-0.25, -0.2) is 4.63 Å². The van der Waals surface area contributed by atoms with E-state index in [4.69, 9.17) is 14.1 Å². The van der Waals surface area contributed by atoms with Gasteiger partial charge in [-0.15, -0.1) is 0 Å². The lowest BCUT2D eigenvalue weighted by Gasteiger charge is -2.41. The Morgan fingerprint density at radius 3 is 2.52 bits per heavy atom. The molecule has 1 aliphatic rings. The van der Waals surface area contributed by atoms with Crippen LogP contribution < -0.4 is 9.47 Å². The van der Waals surface area contributed by atoms with Gasteiger partial charge in [0, 0.05) is 26.6 Å². The second kappa shape index (κ2) is 9.72. The fourth-order valence-corrected chi connectivity index (χ4v) is 3.87. The minimum Gasteiger partial charge on any atom is -0.497 e. The molecule has 0 aliphatic carbocycles. The van der Waals surface area contributed by atoms with Crippen LogP contribution in [0.4, 0.5) is 0 Å². The van der Waals surface area contributed by atoms with Crippen LogP contribution in [0.15, 0.2) is 53.2 Å². The zero-order valence-corrected chi connectivity index (χ0v) is 18.9. The fourth-order valence-electron chi connectivity index (χ4n) is 3.87. The Labute approximate surface area is 191 Å². The first-order valence-corrected chi connectivity index (χ1v) is 10.7. The Hall–Kier alpha value is -3.88. The molecule has 1 saturated heterocycles. The van der Waals surface area contributed by atoms with Crippen molar-refractivity contribution in [1.29, 1.82) is 0 Å². The predicted octanol–water partition coefficient (Wildman–Crippen LogP) is 3.01. The molecule has 0 N–H and O–H groups in total. The second-order valence-electron chi connectivity index (χ2n) is 7.83. The molecule has 0 radical (unpaired) electrons. The van der Waals surface area contributed by atoms with Crippen molar-refractivity contribution in [3.63, 3.8) is 0 Å². The minimum atomic E-state index is -0.295. The molecule has 1 atom stereocenters. The first kappa shape index (κ1) is 22.3. The van der Waals surface area contributed by atoms with Crippen LogP contribution >= 0.6 is 0 Å². The summed E-state index contributed by atoms with van der Waals surface area (Å²) in [6.07, 6.45) is 0. The van der Waals surface area contributed by atoms with Gasteiger partial charge < -0.3 is 19.3 Å². The zero-order chi connectivity index (χ0) is 23.4. The highest BCUT2D eigenvalue weighted by molar-refractivity contribution is 5.97. The summed E-state index contributed by atoms with van der Waals surface area (Å²) in [5, 5.41) is 7.59. The summed E-state index contributed by atoms with van der Waals surface area (Å²) in [4.78, 5) is 29.3. The average Bonchev–Trinajstić information content (AvgIpc) is 3.26. The summed E-state index contributed by atoms with van der Waals surface area (Å²) in [5.74, 6) is 1.00. The van der Waals surface area contributed by atoms with Crippen molar-refractivity contribution in [1.82, 2.24) is 20.1 Å². The third kappa shape index (κ3) is 4.82. The molecule has 1 unspecified atom stereocenters. The molecule has 33 heavy (non-hydrogen) atoms. The van der Waals surface area contributed by atoms with E-state index in [1.54, 1.807) is 49.0 Å². The lowest BCUT2D eigenvalue weighted by atomic mass is 10.0. The molecule has 0 saturated carbocycles. The minimum absolute atomic E-state index is 0.0130. The van der Waals surface area contributed by atoms with E-state index < -0.39 is 0 Å². The van der Waals surface area contributed by atoms with Gasteiger partial charge in [-0.1, -0.05) is 34.6 Å². The lowest BCUT2D eigenvalue weighted by molar-refractivity contribution is -0.131. The molecule has 1 fully saturated rings. The molecule has 2 heterocycles. The molecule has 2 aromatic carbocycles. The maximum absolute atomic E-state index is 13.7. The number of methoxy groups -OCH3 is 1. The molecule has 172 valence electrons. The number of aryl methyl sites for hydroxylation is 1. The number of aromatic nitrogens is 2. The number of hydrogen-bond donors (Lipinski definition) is 0. The number of carbonyl (C=O) groups excluding carboxylic acids is 2. The molecule has 9 heteroatoms. The van der Waals surface area contributed by atoms with Gasteiger partial charge in [-0.2, -0.15) is 0 Å². The zero-order valence-electron chi connectivity index (χ0n) is 18.9. The Morgan fingerprint density at radius 1 is 1.09 bits per heavy atom. The van der Waals surface area contributed by atoms with Crippen molar-refractivity contribution in [2.24, 2.45) is 0 Å². The molecule has 9 nitrogen and oxygen atoms in total. The Balaban J connectivity index is 1.61. The third-order valence-electron chi connectivity index (χ3n) is 5.82. The molecule has 1 aliphatic heterocycles. The van der Waals surface area contributed by atoms with Crippen molar-refractivity contribution in [3.05, 3.63) is 71.0 Å². The molecule has 3 aromatic rings. The number of piperazine rings is 1. The van der Waals surface area contributed by atoms with Crippen LogP contribution in [0.2, 0.25) is 0 Å². The smallest absolute Gasteiger partial charge is 0.258 e. The van der Waals surface area contributed by atoms with Crippen molar-refractivity contribution in [2.75, 3.05) is 26.7 Å². The third-order valence-corrected chi connectivity index (χ3v) is 5.82. The molecule has 4 rings (SSSR count). The monoisotopic (exact) mass is 450 g/mol. The number of amides is 2. The van der Waals surface area contributed by atoms with E-state index in [2.05, 4.69) is 10.3 Å². The number of hydrogen-bond acceptors (Lipinski definition) is 7. The van der Waals surface area contributed by atoms with Crippen LogP contribution in [0, 0.1) is 6.92 Å². The van der Waals surface area contributed by atoms with E-state index in [0.29, 0.717) is 42.3 Å². The molecule has 1 aromatic heterocycles. The van der Waals surface area contributed by atoms with Crippen molar-refractivity contribution in [3.8, 4) is 11.5 Å². The summed E-state index contributed by atoms with van der Waals surface area (Å²) < 4.78 is 15.9. The van der Waals surface area contributed by atoms with E-state index in [1.165, 1.54) is 0 Å². The number of nitrogens with zero attached hydrogens (tertiary/aromatic N) is 4. The van der Waals surface area contributed by atoms with Gasteiger partial charge in [0.25, 0.3) is 5.91 Å². The van der Waals surface area contributed by atoms with E-state index in [0.717, 1.165) is 11.3 Å². The number of carbonyl (C=O) groups is 2. The molecule has 2 amide bonds. The topological polar surface area (TPSA) is 98.0 Å². The van der Waals surface area contributed by atoms with Gasteiger partial charge in [-0.3, -0.25) is 9.59 Å². The van der Waals surface area contributed by atoms with Crippen LogP contribution in [0.25, 0.3) is 0 Å². The summed E-state index contributed by atoms with van der Waals surface area (Å²) in [5.41, 5.74) is 2.58. The Kier molecular flexibility index (Phi) is 6.58.